The molecule has 1 atom stereocenters. The summed E-state index contributed by atoms with van der Waals surface area (Å²) < 4.78 is 5.28. The normalized spacial score (nSPS) is 12.4. The molecule has 5 nitrogen and oxygen atoms in total. The maximum absolute atomic E-state index is 11.8. The number of aryl methyl sites for hydroxylation is 2. The van der Waals surface area contributed by atoms with Gasteiger partial charge in [0, 0.05) is 12.0 Å². The van der Waals surface area contributed by atoms with Gasteiger partial charge < -0.3 is 15.2 Å². The smallest absolute Gasteiger partial charge is 0.407 e. The second-order valence-corrected chi connectivity index (χ2v) is 6.49. The number of aliphatic hydroxyl groups is 1. The number of carbonyl (C=O) groups excluding carboxylic acids is 1. The maximum atomic E-state index is 11.8. The van der Waals surface area contributed by atoms with Crippen molar-refractivity contribution in [2.75, 3.05) is 6.61 Å². The molecule has 5 heteroatoms. The predicted octanol–water partition coefficient (Wildman–Crippen LogP) is 2.60. The van der Waals surface area contributed by atoms with Crippen LogP contribution in [0.25, 0.3) is 0 Å². The third kappa shape index (κ3) is 5.38. The number of carbonyl (C=O) groups is 1. The van der Waals surface area contributed by atoms with Gasteiger partial charge in [0.1, 0.15) is 6.10 Å². The Labute approximate surface area is 131 Å². The number of amides is 1. The number of ether oxygens (including phenoxy) is 1. The number of benzene rings is 1. The highest BCUT2D eigenvalue weighted by atomic mass is 16.6. The molecule has 0 radical (unpaired) electrons. The molecule has 0 bridgehead atoms. The highest BCUT2D eigenvalue weighted by Gasteiger charge is 2.20. The number of aliphatic hydroxyl groups excluding tert-OH is 1. The number of nitriles is 1. The largest absolute Gasteiger partial charge is 0.443 e. The Hall–Kier alpha value is -2.06. The first-order chi connectivity index (χ1) is 10.2. The zero-order valence-electron chi connectivity index (χ0n) is 13.9. The lowest BCUT2D eigenvalue weighted by atomic mass is 9.95. The lowest BCUT2D eigenvalue weighted by Gasteiger charge is -2.23. The number of hydrogen-bond acceptors (Lipinski definition) is 4. The molecule has 0 aromatic heterocycles. The van der Waals surface area contributed by atoms with E-state index in [1.165, 1.54) is 0 Å². The second kappa shape index (κ2) is 7.28. The third-order valence-electron chi connectivity index (χ3n) is 3.21. The number of rotatable bonds is 4. The molecular weight excluding hydrogens is 280 g/mol. The Kier molecular flexibility index (Phi) is 5.95. The minimum atomic E-state index is -0.618. The van der Waals surface area contributed by atoms with Crippen LogP contribution in [0, 0.1) is 25.2 Å². The monoisotopic (exact) mass is 304 g/mol. The number of hydrogen-bond donors (Lipinski definition) is 2. The van der Waals surface area contributed by atoms with E-state index < -0.39 is 17.7 Å². The van der Waals surface area contributed by atoms with Crippen LogP contribution in [0.15, 0.2) is 12.1 Å². The first-order valence-electron chi connectivity index (χ1n) is 7.26. The highest BCUT2D eigenvalue weighted by Crippen LogP contribution is 2.19. The van der Waals surface area contributed by atoms with Crippen LogP contribution in [0.1, 0.15) is 43.0 Å². The van der Waals surface area contributed by atoms with E-state index in [2.05, 4.69) is 11.4 Å². The SMILES string of the molecule is Cc1cc(C#N)cc(C)c1C[C@@H](CO)OC(=O)NC(C)(C)C. The van der Waals surface area contributed by atoms with Crippen molar-refractivity contribution in [3.8, 4) is 6.07 Å². The van der Waals surface area contributed by atoms with E-state index in [0.717, 1.165) is 16.7 Å². The summed E-state index contributed by atoms with van der Waals surface area (Å²) in [6.07, 6.45) is -0.750. The summed E-state index contributed by atoms with van der Waals surface area (Å²) in [5.41, 5.74) is 3.11. The molecule has 0 heterocycles. The summed E-state index contributed by atoms with van der Waals surface area (Å²) in [4.78, 5) is 11.8. The van der Waals surface area contributed by atoms with Crippen molar-refractivity contribution in [2.24, 2.45) is 0 Å². The molecule has 0 aliphatic heterocycles. The van der Waals surface area contributed by atoms with Crippen LogP contribution < -0.4 is 5.32 Å². The molecule has 1 rings (SSSR count). The highest BCUT2D eigenvalue weighted by molar-refractivity contribution is 5.68. The molecule has 0 aliphatic carbocycles. The molecule has 1 aromatic carbocycles. The Balaban J connectivity index is 2.83. The molecule has 0 spiro atoms. The Morgan fingerprint density at radius 1 is 1.36 bits per heavy atom. The fourth-order valence-corrected chi connectivity index (χ4v) is 2.24. The lowest BCUT2D eigenvalue weighted by molar-refractivity contribution is 0.0536. The van der Waals surface area contributed by atoms with E-state index >= 15 is 0 Å². The summed E-state index contributed by atoms with van der Waals surface area (Å²) in [5, 5.41) is 21.1. The molecule has 0 fully saturated rings. The van der Waals surface area contributed by atoms with Gasteiger partial charge in [-0.15, -0.1) is 0 Å². The fourth-order valence-electron chi connectivity index (χ4n) is 2.24. The summed E-state index contributed by atoms with van der Waals surface area (Å²) in [6, 6.07) is 5.71. The van der Waals surface area contributed by atoms with Crippen LogP contribution in [0.4, 0.5) is 4.79 Å². The van der Waals surface area contributed by atoms with Crippen molar-refractivity contribution < 1.29 is 14.6 Å². The molecule has 2 N–H and O–H groups in total. The standard InChI is InChI=1S/C17H24N2O3/c1-11-6-13(9-18)7-12(2)15(11)8-14(10-20)22-16(21)19-17(3,4)5/h6-7,14,20H,8,10H2,1-5H3,(H,19,21)/t14-/m0/s1. The van der Waals surface area contributed by atoms with Crippen LogP contribution in [0.5, 0.6) is 0 Å². The van der Waals surface area contributed by atoms with Crippen LogP contribution >= 0.6 is 0 Å². The number of nitrogens with one attached hydrogen (secondary N) is 1. The van der Waals surface area contributed by atoms with E-state index in [9.17, 15) is 9.90 Å². The minimum Gasteiger partial charge on any atom is -0.443 e. The van der Waals surface area contributed by atoms with Crippen LogP contribution in [0.2, 0.25) is 0 Å². The molecule has 22 heavy (non-hydrogen) atoms. The van der Waals surface area contributed by atoms with Gasteiger partial charge in [-0.2, -0.15) is 5.26 Å². The summed E-state index contributed by atoms with van der Waals surface area (Å²) in [6.45, 7) is 9.14. The van der Waals surface area contributed by atoms with Crippen molar-refractivity contribution in [1.82, 2.24) is 5.32 Å². The van der Waals surface area contributed by atoms with E-state index in [-0.39, 0.29) is 6.61 Å². The number of alkyl carbamates (subject to hydrolysis) is 1. The fraction of sp³-hybridized carbons (Fsp3) is 0.529. The molecule has 1 amide bonds. The van der Waals surface area contributed by atoms with E-state index in [0.29, 0.717) is 12.0 Å². The topological polar surface area (TPSA) is 82.3 Å². The van der Waals surface area contributed by atoms with Crippen molar-refractivity contribution in [3.63, 3.8) is 0 Å². The Bertz CT molecular complexity index is 560. The van der Waals surface area contributed by atoms with Crippen LogP contribution in [-0.4, -0.2) is 29.4 Å². The minimum absolute atomic E-state index is 0.254. The Morgan fingerprint density at radius 2 is 1.91 bits per heavy atom. The molecule has 120 valence electrons. The van der Waals surface area contributed by atoms with Gasteiger partial charge in [-0.3, -0.25) is 0 Å². The van der Waals surface area contributed by atoms with E-state index in [1.807, 2.05) is 34.6 Å². The average molecular weight is 304 g/mol. The third-order valence-corrected chi connectivity index (χ3v) is 3.21. The van der Waals surface area contributed by atoms with E-state index in [4.69, 9.17) is 10.00 Å². The predicted molar refractivity (Wildman–Crippen MR) is 84.6 cm³/mol. The van der Waals surface area contributed by atoms with Crippen molar-refractivity contribution >= 4 is 6.09 Å². The summed E-state index contributed by atoms with van der Waals surface area (Å²) in [7, 11) is 0. The van der Waals surface area contributed by atoms with E-state index in [1.54, 1.807) is 12.1 Å². The average Bonchev–Trinajstić information content (AvgIpc) is 2.38. The van der Waals surface area contributed by atoms with Crippen LogP contribution in [0.3, 0.4) is 0 Å². The first kappa shape index (κ1) is 18.0. The van der Waals surface area contributed by atoms with Crippen LogP contribution in [-0.2, 0) is 11.2 Å². The van der Waals surface area contributed by atoms with Gasteiger partial charge in [0.2, 0.25) is 0 Å². The zero-order valence-corrected chi connectivity index (χ0v) is 13.9. The van der Waals surface area contributed by atoms with Gasteiger partial charge >= 0.3 is 6.09 Å². The molecular formula is C17H24N2O3. The first-order valence-corrected chi connectivity index (χ1v) is 7.26. The molecule has 1 aromatic rings. The quantitative estimate of drug-likeness (QED) is 0.895. The molecule has 0 aliphatic rings. The van der Waals surface area contributed by atoms with Crippen molar-refractivity contribution in [1.29, 1.82) is 5.26 Å². The summed E-state index contributed by atoms with van der Waals surface area (Å²) in [5.74, 6) is 0. The van der Waals surface area contributed by atoms with Gasteiger partial charge in [-0.1, -0.05) is 0 Å². The molecule has 0 unspecified atom stereocenters. The van der Waals surface area contributed by atoms with Gasteiger partial charge in [-0.05, 0) is 63.4 Å². The lowest BCUT2D eigenvalue weighted by Crippen LogP contribution is -2.43. The van der Waals surface area contributed by atoms with Crippen molar-refractivity contribution in [3.05, 3.63) is 34.4 Å². The second-order valence-electron chi connectivity index (χ2n) is 6.49. The van der Waals surface area contributed by atoms with Gasteiger partial charge in [-0.25, -0.2) is 4.79 Å². The van der Waals surface area contributed by atoms with Gasteiger partial charge in [0.05, 0.1) is 18.2 Å². The molecule has 0 saturated carbocycles. The van der Waals surface area contributed by atoms with Gasteiger partial charge in [0.15, 0.2) is 0 Å². The maximum Gasteiger partial charge on any atom is 0.407 e. The van der Waals surface area contributed by atoms with Gasteiger partial charge in [0.25, 0.3) is 0 Å². The number of nitrogens with zero attached hydrogens (tertiary/aromatic N) is 1. The summed E-state index contributed by atoms with van der Waals surface area (Å²) >= 11 is 0. The Morgan fingerprint density at radius 3 is 2.32 bits per heavy atom. The van der Waals surface area contributed by atoms with Crippen molar-refractivity contribution in [2.45, 2.75) is 52.7 Å². The molecule has 0 saturated heterocycles. The zero-order chi connectivity index (χ0) is 16.9.